The zero-order valence-electron chi connectivity index (χ0n) is 17.8. The van der Waals surface area contributed by atoms with E-state index in [1.165, 1.54) is 4.90 Å². The molecule has 1 aromatic carbocycles. The number of ether oxygens (including phenoxy) is 2. The molecular weight excluding hydrogens is 447 g/mol. The van der Waals surface area contributed by atoms with Gasteiger partial charge < -0.3 is 24.6 Å². The number of amides is 3. The van der Waals surface area contributed by atoms with Crippen molar-refractivity contribution < 1.29 is 41.8 Å². The number of nitrogens with one attached hydrogen (secondary N) is 1. The van der Waals surface area contributed by atoms with Crippen molar-refractivity contribution in [1.29, 1.82) is 0 Å². The highest BCUT2D eigenvalue weighted by atomic mass is 19.4. The van der Waals surface area contributed by atoms with Gasteiger partial charge >= 0.3 is 24.1 Å². The standard InChI is InChI=1S/C21H24F3N3O6/c1-32-18(29)16(25-20(31)33-12-13-5-3-2-4-6-13)7-8-17(28)26-10-15-9-14(26)11-27(15)19(30)21(22,23)24/h2-6,14-16H,7-12H2,1H3,(H,25,31)/t14?,15?,16-/m0/s1. The number of hydrogen-bond acceptors (Lipinski definition) is 6. The van der Waals surface area contributed by atoms with E-state index in [2.05, 4.69) is 10.1 Å². The molecule has 9 nitrogen and oxygen atoms in total. The number of esters is 1. The molecule has 2 unspecified atom stereocenters. The molecule has 3 amide bonds. The van der Waals surface area contributed by atoms with E-state index in [1.807, 2.05) is 6.07 Å². The number of fused-ring (bicyclic) bond motifs is 2. The lowest BCUT2D eigenvalue weighted by Gasteiger charge is -2.34. The largest absolute Gasteiger partial charge is 0.471 e. The van der Waals surface area contributed by atoms with Crippen LogP contribution in [0.1, 0.15) is 24.8 Å². The number of likely N-dealkylation sites (tertiary alicyclic amines) is 2. The average molecular weight is 471 g/mol. The van der Waals surface area contributed by atoms with Crippen LogP contribution in [0, 0.1) is 0 Å². The maximum Gasteiger partial charge on any atom is 0.471 e. The molecule has 2 aliphatic heterocycles. The van der Waals surface area contributed by atoms with Crippen molar-refractivity contribution in [2.75, 3.05) is 20.2 Å². The van der Waals surface area contributed by atoms with Crippen molar-refractivity contribution in [2.24, 2.45) is 0 Å². The Balaban J connectivity index is 1.49. The summed E-state index contributed by atoms with van der Waals surface area (Å²) < 4.78 is 47.8. The van der Waals surface area contributed by atoms with Crippen LogP contribution in [0.3, 0.4) is 0 Å². The summed E-state index contributed by atoms with van der Waals surface area (Å²) in [5, 5.41) is 2.37. The first-order valence-electron chi connectivity index (χ1n) is 10.3. The molecule has 0 saturated carbocycles. The van der Waals surface area contributed by atoms with Gasteiger partial charge in [-0.15, -0.1) is 0 Å². The van der Waals surface area contributed by atoms with Gasteiger partial charge in [-0.2, -0.15) is 13.2 Å². The Kier molecular flexibility index (Phi) is 7.44. The number of methoxy groups -OCH3 is 1. The summed E-state index contributed by atoms with van der Waals surface area (Å²) in [5.74, 6) is -3.04. The van der Waals surface area contributed by atoms with Crippen LogP contribution in [0.2, 0.25) is 0 Å². The molecule has 0 spiro atoms. The zero-order chi connectivity index (χ0) is 24.2. The second kappa shape index (κ2) is 10.1. The molecule has 2 fully saturated rings. The smallest absolute Gasteiger partial charge is 0.467 e. The number of rotatable bonds is 7. The second-order valence-electron chi connectivity index (χ2n) is 7.87. The Morgan fingerprint density at radius 1 is 1.09 bits per heavy atom. The maximum absolute atomic E-state index is 12.7. The van der Waals surface area contributed by atoms with E-state index in [0.717, 1.165) is 17.6 Å². The minimum Gasteiger partial charge on any atom is -0.467 e. The predicted molar refractivity (Wildman–Crippen MR) is 106 cm³/mol. The summed E-state index contributed by atoms with van der Waals surface area (Å²) in [6.07, 6.45) is -5.75. The summed E-state index contributed by atoms with van der Waals surface area (Å²) in [6, 6.07) is 6.57. The minimum absolute atomic E-state index is 0.000751. The number of alkyl carbamates (subject to hydrolysis) is 1. The first kappa shape index (κ1) is 24.3. The number of carbonyl (C=O) groups is 4. The average Bonchev–Trinajstić information content (AvgIpc) is 3.40. The van der Waals surface area contributed by atoms with Crippen molar-refractivity contribution in [3.05, 3.63) is 35.9 Å². The number of carbonyl (C=O) groups excluding carboxylic acids is 4. The maximum atomic E-state index is 12.7. The normalized spacial score (nSPS) is 20.4. The summed E-state index contributed by atoms with van der Waals surface area (Å²) in [4.78, 5) is 50.4. The SMILES string of the molecule is COC(=O)[C@H](CCC(=O)N1CC2CC1CN2C(=O)C(F)(F)F)NC(=O)OCc1ccccc1. The number of halogens is 3. The topological polar surface area (TPSA) is 105 Å². The van der Waals surface area contributed by atoms with Gasteiger partial charge in [0.05, 0.1) is 19.2 Å². The molecule has 0 aromatic heterocycles. The third-order valence-electron chi connectivity index (χ3n) is 5.70. The van der Waals surface area contributed by atoms with Gasteiger partial charge in [-0.3, -0.25) is 9.59 Å². The van der Waals surface area contributed by atoms with Gasteiger partial charge in [0.1, 0.15) is 12.6 Å². The highest BCUT2D eigenvalue weighted by molar-refractivity contribution is 5.85. The van der Waals surface area contributed by atoms with E-state index >= 15 is 0 Å². The molecule has 2 heterocycles. The Morgan fingerprint density at radius 2 is 1.73 bits per heavy atom. The molecule has 1 aromatic rings. The quantitative estimate of drug-likeness (QED) is 0.606. The Morgan fingerprint density at radius 3 is 2.30 bits per heavy atom. The molecule has 2 aliphatic rings. The van der Waals surface area contributed by atoms with E-state index in [0.29, 0.717) is 0 Å². The lowest BCUT2D eigenvalue weighted by atomic mass is 10.1. The lowest BCUT2D eigenvalue weighted by molar-refractivity contribution is -0.187. The number of nitrogens with zero attached hydrogens (tertiary/aromatic N) is 2. The highest BCUT2D eigenvalue weighted by Gasteiger charge is 2.53. The summed E-state index contributed by atoms with van der Waals surface area (Å²) in [6.45, 7) is -0.191. The number of benzene rings is 1. The van der Waals surface area contributed by atoms with Crippen LogP contribution < -0.4 is 5.32 Å². The third kappa shape index (κ3) is 5.93. The van der Waals surface area contributed by atoms with Crippen LogP contribution in [-0.4, -0.2) is 78.2 Å². The molecule has 33 heavy (non-hydrogen) atoms. The molecule has 0 radical (unpaired) electrons. The monoisotopic (exact) mass is 471 g/mol. The predicted octanol–water partition coefficient (Wildman–Crippen LogP) is 1.61. The molecule has 3 atom stereocenters. The number of hydrogen-bond donors (Lipinski definition) is 1. The minimum atomic E-state index is -4.95. The van der Waals surface area contributed by atoms with E-state index < -0.39 is 42.3 Å². The first-order chi connectivity index (χ1) is 15.6. The van der Waals surface area contributed by atoms with Crippen LogP contribution in [0.25, 0.3) is 0 Å². The van der Waals surface area contributed by atoms with Gasteiger partial charge in [0.15, 0.2) is 0 Å². The fraction of sp³-hybridized carbons (Fsp3) is 0.524. The second-order valence-corrected chi connectivity index (χ2v) is 7.87. The zero-order valence-corrected chi connectivity index (χ0v) is 17.8. The Hall–Kier alpha value is -3.31. The van der Waals surface area contributed by atoms with Crippen molar-refractivity contribution in [1.82, 2.24) is 15.1 Å². The van der Waals surface area contributed by atoms with E-state index in [-0.39, 0.29) is 44.9 Å². The van der Waals surface area contributed by atoms with Gasteiger partial charge in [0.2, 0.25) is 5.91 Å². The molecular formula is C21H24F3N3O6. The third-order valence-corrected chi connectivity index (χ3v) is 5.70. The van der Waals surface area contributed by atoms with Gasteiger partial charge in [0, 0.05) is 19.5 Å². The van der Waals surface area contributed by atoms with Gasteiger partial charge in [-0.1, -0.05) is 30.3 Å². The van der Waals surface area contributed by atoms with E-state index in [4.69, 9.17) is 4.74 Å². The molecule has 0 aliphatic carbocycles. The number of alkyl halides is 3. The van der Waals surface area contributed by atoms with E-state index in [1.54, 1.807) is 24.3 Å². The van der Waals surface area contributed by atoms with Gasteiger partial charge in [-0.25, -0.2) is 9.59 Å². The van der Waals surface area contributed by atoms with Crippen molar-refractivity contribution >= 4 is 23.9 Å². The van der Waals surface area contributed by atoms with E-state index in [9.17, 15) is 32.3 Å². The van der Waals surface area contributed by atoms with Crippen LogP contribution >= 0.6 is 0 Å². The first-order valence-corrected chi connectivity index (χ1v) is 10.3. The van der Waals surface area contributed by atoms with Crippen LogP contribution in [0.4, 0.5) is 18.0 Å². The highest BCUT2D eigenvalue weighted by Crippen LogP contribution is 2.34. The number of piperazine rings is 1. The van der Waals surface area contributed by atoms with Crippen molar-refractivity contribution in [3.8, 4) is 0 Å². The molecule has 1 N–H and O–H groups in total. The Labute approximate surface area is 187 Å². The van der Waals surface area contributed by atoms with Crippen LogP contribution in [0.15, 0.2) is 30.3 Å². The summed E-state index contributed by atoms with van der Waals surface area (Å²) >= 11 is 0. The van der Waals surface area contributed by atoms with Gasteiger partial charge in [-0.05, 0) is 18.4 Å². The molecule has 12 heteroatoms. The van der Waals surface area contributed by atoms with Crippen LogP contribution in [-0.2, 0) is 30.5 Å². The summed E-state index contributed by atoms with van der Waals surface area (Å²) in [5.41, 5.74) is 0.750. The molecule has 3 rings (SSSR count). The fourth-order valence-electron chi connectivity index (χ4n) is 4.09. The van der Waals surface area contributed by atoms with Crippen LogP contribution in [0.5, 0.6) is 0 Å². The Bertz CT molecular complexity index is 895. The fourth-order valence-corrected chi connectivity index (χ4v) is 4.09. The molecule has 2 bridgehead atoms. The summed E-state index contributed by atoms with van der Waals surface area (Å²) in [7, 11) is 1.14. The van der Waals surface area contributed by atoms with Crippen molar-refractivity contribution in [3.63, 3.8) is 0 Å². The lowest BCUT2D eigenvalue weighted by Crippen LogP contribution is -2.53. The molecule has 180 valence electrons. The molecule has 2 saturated heterocycles. The van der Waals surface area contributed by atoms with Crippen molar-refractivity contribution in [2.45, 2.75) is 50.2 Å². The van der Waals surface area contributed by atoms with Gasteiger partial charge in [0.25, 0.3) is 0 Å².